The summed E-state index contributed by atoms with van der Waals surface area (Å²) in [4.78, 5) is 19.6. The highest BCUT2D eigenvalue weighted by atomic mass is 19.4. The molecule has 1 aliphatic rings. The van der Waals surface area contributed by atoms with Crippen LogP contribution in [0, 0.1) is 0 Å². The molecule has 2 heterocycles. The van der Waals surface area contributed by atoms with E-state index in [1.807, 2.05) is 30.3 Å². The van der Waals surface area contributed by atoms with E-state index in [4.69, 9.17) is 0 Å². The van der Waals surface area contributed by atoms with E-state index in [1.165, 1.54) is 23.4 Å². The third kappa shape index (κ3) is 5.37. The van der Waals surface area contributed by atoms with E-state index in [0.717, 1.165) is 12.1 Å². The summed E-state index contributed by atoms with van der Waals surface area (Å²) in [5.74, 6) is -0.530. The van der Waals surface area contributed by atoms with Gasteiger partial charge in [-0.3, -0.25) is 19.6 Å². The summed E-state index contributed by atoms with van der Waals surface area (Å²) < 4.78 is 40.8. The van der Waals surface area contributed by atoms with Crippen molar-refractivity contribution >= 4 is 5.78 Å². The molecule has 1 fully saturated rings. The Balaban J connectivity index is 1.61. The number of halogens is 3. The normalized spacial score (nSPS) is 17.6. The minimum absolute atomic E-state index is 0.217. The SMILES string of the molecule is O=C(CC(N1CCN(Cc2ccccc2)CC1)C(F)(F)F)c1cccnc1. The summed E-state index contributed by atoms with van der Waals surface area (Å²) >= 11 is 0. The highest BCUT2D eigenvalue weighted by molar-refractivity contribution is 5.96. The number of pyridine rings is 1. The van der Waals surface area contributed by atoms with Gasteiger partial charge in [-0.05, 0) is 17.7 Å². The Morgan fingerprint density at radius 2 is 1.74 bits per heavy atom. The van der Waals surface area contributed by atoms with Crippen LogP contribution in [0.25, 0.3) is 0 Å². The van der Waals surface area contributed by atoms with Gasteiger partial charge in [-0.1, -0.05) is 30.3 Å². The lowest BCUT2D eigenvalue weighted by Gasteiger charge is -2.39. The zero-order valence-corrected chi connectivity index (χ0v) is 14.9. The molecule has 7 heteroatoms. The number of hydrogen-bond donors (Lipinski definition) is 0. The van der Waals surface area contributed by atoms with Crippen molar-refractivity contribution in [2.45, 2.75) is 25.2 Å². The Labute approximate surface area is 156 Å². The molecule has 1 unspecified atom stereocenters. The fourth-order valence-electron chi connectivity index (χ4n) is 3.35. The number of Topliss-reactive ketones (excluding diaryl/α,β-unsaturated/α-hetero) is 1. The number of carbonyl (C=O) groups excluding carboxylic acids is 1. The van der Waals surface area contributed by atoms with E-state index < -0.39 is 24.4 Å². The first-order chi connectivity index (χ1) is 12.9. The van der Waals surface area contributed by atoms with E-state index in [1.54, 1.807) is 6.07 Å². The van der Waals surface area contributed by atoms with Gasteiger partial charge in [0.15, 0.2) is 5.78 Å². The molecule has 4 nitrogen and oxygen atoms in total. The van der Waals surface area contributed by atoms with Crippen molar-refractivity contribution < 1.29 is 18.0 Å². The standard InChI is InChI=1S/C20H22F3N3O/c21-20(22,23)19(13-18(27)17-7-4-8-24-14-17)26-11-9-25(10-12-26)15-16-5-2-1-3-6-16/h1-8,14,19H,9-13,15H2. The van der Waals surface area contributed by atoms with Crippen LogP contribution in [0.4, 0.5) is 13.2 Å². The summed E-state index contributed by atoms with van der Waals surface area (Å²) in [6.45, 7) is 2.39. The lowest BCUT2D eigenvalue weighted by Crippen LogP contribution is -2.55. The number of alkyl halides is 3. The molecular formula is C20H22F3N3O. The molecule has 1 aromatic heterocycles. The van der Waals surface area contributed by atoms with E-state index in [0.29, 0.717) is 13.1 Å². The molecular weight excluding hydrogens is 355 g/mol. The van der Waals surface area contributed by atoms with Crippen molar-refractivity contribution in [3.05, 3.63) is 66.0 Å². The van der Waals surface area contributed by atoms with Gasteiger partial charge in [-0.2, -0.15) is 13.2 Å². The second kappa shape index (κ2) is 8.63. The van der Waals surface area contributed by atoms with Crippen LogP contribution in [0.2, 0.25) is 0 Å². The summed E-state index contributed by atoms with van der Waals surface area (Å²) in [6, 6.07) is 11.2. The number of nitrogens with zero attached hydrogens (tertiary/aromatic N) is 3. The predicted octanol–water partition coefficient (Wildman–Crippen LogP) is 3.40. The Morgan fingerprint density at radius 3 is 2.33 bits per heavy atom. The number of carbonyl (C=O) groups is 1. The molecule has 1 aromatic carbocycles. The van der Waals surface area contributed by atoms with Crippen molar-refractivity contribution in [1.29, 1.82) is 0 Å². The van der Waals surface area contributed by atoms with Crippen LogP contribution in [0.1, 0.15) is 22.3 Å². The smallest absolute Gasteiger partial charge is 0.297 e. The summed E-state index contributed by atoms with van der Waals surface area (Å²) in [6.07, 6.45) is -2.22. The Morgan fingerprint density at radius 1 is 1.04 bits per heavy atom. The number of rotatable bonds is 6. The molecule has 0 bridgehead atoms. The largest absolute Gasteiger partial charge is 0.404 e. The van der Waals surface area contributed by atoms with Crippen molar-refractivity contribution in [3.8, 4) is 0 Å². The average Bonchev–Trinajstić information content (AvgIpc) is 2.67. The molecule has 1 saturated heterocycles. The first-order valence-corrected chi connectivity index (χ1v) is 8.94. The van der Waals surface area contributed by atoms with E-state index in [9.17, 15) is 18.0 Å². The molecule has 144 valence electrons. The number of aromatic nitrogens is 1. The maximum Gasteiger partial charge on any atom is 0.404 e. The van der Waals surface area contributed by atoms with Gasteiger partial charge in [0.05, 0.1) is 0 Å². The summed E-state index contributed by atoms with van der Waals surface area (Å²) in [7, 11) is 0. The van der Waals surface area contributed by atoms with Crippen LogP contribution in [0.15, 0.2) is 54.9 Å². The van der Waals surface area contributed by atoms with E-state index in [2.05, 4.69) is 9.88 Å². The summed E-state index contributed by atoms with van der Waals surface area (Å²) in [5, 5.41) is 0. The van der Waals surface area contributed by atoms with Gasteiger partial charge in [-0.25, -0.2) is 0 Å². The highest BCUT2D eigenvalue weighted by Gasteiger charge is 2.45. The first kappa shape index (κ1) is 19.5. The molecule has 3 rings (SSSR count). The number of benzene rings is 1. The van der Waals surface area contributed by atoms with Crippen LogP contribution < -0.4 is 0 Å². The van der Waals surface area contributed by atoms with Gasteiger partial charge in [0.25, 0.3) is 0 Å². The fraction of sp³-hybridized carbons (Fsp3) is 0.400. The molecule has 0 amide bonds. The van der Waals surface area contributed by atoms with Crippen LogP contribution in [-0.2, 0) is 6.54 Å². The minimum Gasteiger partial charge on any atom is -0.297 e. The number of piperazine rings is 1. The molecule has 27 heavy (non-hydrogen) atoms. The van der Waals surface area contributed by atoms with Crippen molar-refractivity contribution in [2.24, 2.45) is 0 Å². The minimum atomic E-state index is -4.44. The predicted molar refractivity (Wildman–Crippen MR) is 96.3 cm³/mol. The van der Waals surface area contributed by atoms with Gasteiger partial charge >= 0.3 is 6.18 Å². The molecule has 0 spiro atoms. The Hall–Kier alpha value is -2.25. The lowest BCUT2D eigenvalue weighted by atomic mass is 10.0. The number of ketones is 1. The molecule has 0 aliphatic carbocycles. The zero-order valence-electron chi connectivity index (χ0n) is 14.9. The van der Waals surface area contributed by atoms with Crippen LogP contribution in [0.5, 0.6) is 0 Å². The van der Waals surface area contributed by atoms with Gasteiger partial charge in [0, 0.05) is 57.1 Å². The second-order valence-electron chi connectivity index (χ2n) is 6.72. The third-order valence-corrected chi connectivity index (χ3v) is 4.84. The second-order valence-corrected chi connectivity index (χ2v) is 6.72. The lowest BCUT2D eigenvalue weighted by molar-refractivity contribution is -0.186. The molecule has 1 atom stereocenters. The van der Waals surface area contributed by atoms with Crippen LogP contribution >= 0.6 is 0 Å². The third-order valence-electron chi connectivity index (χ3n) is 4.84. The van der Waals surface area contributed by atoms with Crippen molar-refractivity contribution in [1.82, 2.24) is 14.8 Å². The quantitative estimate of drug-likeness (QED) is 0.723. The van der Waals surface area contributed by atoms with Gasteiger partial charge in [0.2, 0.25) is 0 Å². The molecule has 0 radical (unpaired) electrons. The van der Waals surface area contributed by atoms with Gasteiger partial charge in [0.1, 0.15) is 6.04 Å². The van der Waals surface area contributed by atoms with E-state index >= 15 is 0 Å². The van der Waals surface area contributed by atoms with Gasteiger partial charge in [-0.15, -0.1) is 0 Å². The molecule has 1 aliphatic heterocycles. The topological polar surface area (TPSA) is 36.4 Å². The van der Waals surface area contributed by atoms with Crippen molar-refractivity contribution in [3.63, 3.8) is 0 Å². The molecule has 0 saturated carbocycles. The molecule has 2 aromatic rings. The van der Waals surface area contributed by atoms with E-state index in [-0.39, 0.29) is 18.7 Å². The summed E-state index contributed by atoms with van der Waals surface area (Å²) in [5.41, 5.74) is 1.36. The Bertz CT molecular complexity index is 729. The van der Waals surface area contributed by atoms with Crippen LogP contribution in [-0.4, -0.2) is 59.0 Å². The maximum atomic E-state index is 13.6. The Kier molecular flexibility index (Phi) is 6.23. The highest BCUT2D eigenvalue weighted by Crippen LogP contribution is 2.29. The van der Waals surface area contributed by atoms with Crippen LogP contribution in [0.3, 0.4) is 0 Å². The first-order valence-electron chi connectivity index (χ1n) is 8.94. The molecule has 0 N–H and O–H groups in total. The van der Waals surface area contributed by atoms with Crippen molar-refractivity contribution in [2.75, 3.05) is 26.2 Å². The van der Waals surface area contributed by atoms with Gasteiger partial charge < -0.3 is 0 Å². The maximum absolute atomic E-state index is 13.6. The fourth-order valence-corrected chi connectivity index (χ4v) is 3.35. The monoisotopic (exact) mass is 377 g/mol. The number of hydrogen-bond acceptors (Lipinski definition) is 4. The zero-order chi connectivity index (χ0) is 19.3. The average molecular weight is 377 g/mol.